The van der Waals surface area contributed by atoms with E-state index in [1.54, 1.807) is 6.20 Å². The Hall–Kier alpha value is -2.11. The van der Waals surface area contributed by atoms with Crippen molar-refractivity contribution in [2.45, 2.75) is 65.0 Å². The molecule has 1 aliphatic heterocycles. The highest BCUT2D eigenvalue weighted by Gasteiger charge is 2.29. The van der Waals surface area contributed by atoms with Crippen molar-refractivity contribution in [1.29, 1.82) is 0 Å². The van der Waals surface area contributed by atoms with E-state index in [0.29, 0.717) is 24.2 Å². The van der Waals surface area contributed by atoms with E-state index in [9.17, 15) is 4.79 Å². The van der Waals surface area contributed by atoms with Gasteiger partial charge in [0.15, 0.2) is 5.69 Å². The summed E-state index contributed by atoms with van der Waals surface area (Å²) >= 11 is 0. The van der Waals surface area contributed by atoms with Crippen LogP contribution in [0.5, 0.6) is 0 Å². The summed E-state index contributed by atoms with van der Waals surface area (Å²) in [7, 11) is 0. The van der Waals surface area contributed by atoms with E-state index < -0.39 is 0 Å². The van der Waals surface area contributed by atoms with E-state index in [1.165, 1.54) is 0 Å². The number of aromatic nitrogens is 4. The highest BCUT2D eigenvalue weighted by molar-refractivity contribution is 5.92. The number of rotatable bonds is 3. The molecule has 0 aliphatic carbocycles. The van der Waals surface area contributed by atoms with Gasteiger partial charge in [0, 0.05) is 31.2 Å². The van der Waals surface area contributed by atoms with Crippen LogP contribution in [0.1, 0.15) is 75.6 Å². The zero-order valence-electron chi connectivity index (χ0n) is 15.9. The van der Waals surface area contributed by atoms with Crippen LogP contribution in [-0.4, -0.2) is 43.2 Å². The zero-order chi connectivity index (χ0) is 18.2. The molecule has 3 heterocycles. The van der Waals surface area contributed by atoms with Crippen LogP contribution in [0.4, 0.5) is 0 Å². The molecular formula is C19H29N5O. The molecular weight excluding hydrogens is 314 g/mol. The lowest BCUT2D eigenvalue weighted by Gasteiger charge is -2.33. The van der Waals surface area contributed by atoms with E-state index in [4.69, 9.17) is 0 Å². The molecule has 0 aromatic carbocycles. The first-order valence-electron chi connectivity index (χ1n) is 9.14. The normalized spacial score (nSPS) is 18.8. The SMILES string of the molecule is CC(C)c1cc(C(=O)N2CCCC(n3ccnc3)C2)nn1C(C)(C)C. The summed E-state index contributed by atoms with van der Waals surface area (Å²) in [4.78, 5) is 19.1. The van der Waals surface area contributed by atoms with Gasteiger partial charge >= 0.3 is 0 Å². The van der Waals surface area contributed by atoms with Gasteiger partial charge in [0.1, 0.15) is 0 Å². The zero-order valence-corrected chi connectivity index (χ0v) is 15.9. The molecule has 1 aliphatic rings. The number of carbonyl (C=O) groups is 1. The molecule has 2 aromatic rings. The minimum atomic E-state index is -0.140. The second-order valence-corrected chi connectivity index (χ2v) is 8.25. The lowest BCUT2D eigenvalue weighted by atomic mass is 10.0. The summed E-state index contributed by atoms with van der Waals surface area (Å²) in [5.41, 5.74) is 1.53. The van der Waals surface area contributed by atoms with E-state index >= 15 is 0 Å². The fourth-order valence-corrected chi connectivity index (χ4v) is 3.48. The average molecular weight is 343 g/mol. The van der Waals surface area contributed by atoms with E-state index in [1.807, 2.05) is 28.2 Å². The number of amides is 1. The lowest BCUT2D eigenvalue weighted by Crippen LogP contribution is -2.40. The molecule has 136 valence electrons. The molecule has 6 heteroatoms. The number of imidazole rings is 1. The summed E-state index contributed by atoms with van der Waals surface area (Å²) in [5.74, 6) is 0.364. The second kappa shape index (κ2) is 6.65. The van der Waals surface area contributed by atoms with Crippen LogP contribution in [-0.2, 0) is 5.54 Å². The fourth-order valence-electron chi connectivity index (χ4n) is 3.48. The number of nitrogens with zero attached hydrogens (tertiary/aromatic N) is 5. The molecule has 1 fully saturated rings. The molecule has 2 aromatic heterocycles. The van der Waals surface area contributed by atoms with Gasteiger partial charge in [-0.25, -0.2) is 4.98 Å². The van der Waals surface area contributed by atoms with Crippen molar-refractivity contribution in [3.05, 3.63) is 36.2 Å². The van der Waals surface area contributed by atoms with Crippen LogP contribution < -0.4 is 0 Å². The van der Waals surface area contributed by atoms with Crippen molar-refractivity contribution in [3.8, 4) is 0 Å². The average Bonchev–Trinajstić information content (AvgIpc) is 3.23. The minimum absolute atomic E-state index is 0.0368. The predicted octanol–water partition coefficient (Wildman–Crippen LogP) is 3.44. The molecule has 0 N–H and O–H groups in total. The summed E-state index contributed by atoms with van der Waals surface area (Å²) < 4.78 is 4.11. The fraction of sp³-hybridized carbons (Fsp3) is 0.632. The summed E-state index contributed by atoms with van der Waals surface area (Å²) in [6.07, 6.45) is 7.69. The Bertz CT molecular complexity index is 724. The van der Waals surface area contributed by atoms with E-state index in [0.717, 1.165) is 25.1 Å². The summed E-state index contributed by atoms with van der Waals surface area (Å²) in [5, 5.41) is 4.67. The quantitative estimate of drug-likeness (QED) is 0.858. The van der Waals surface area contributed by atoms with Crippen LogP contribution in [0.25, 0.3) is 0 Å². The van der Waals surface area contributed by atoms with Gasteiger partial charge < -0.3 is 9.47 Å². The molecule has 0 radical (unpaired) electrons. The number of piperidine rings is 1. The molecule has 3 rings (SSSR count). The maximum absolute atomic E-state index is 13.1. The van der Waals surface area contributed by atoms with Gasteiger partial charge in [0.05, 0.1) is 17.9 Å². The maximum Gasteiger partial charge on any atom is 0.274 e. The Labute approximate surface area is 149 Å². The Morgan fingerprint density at radius 2 is 2.08 bits per heavy atom. The minimum Gasteiger partial charge on any atom is -0.335 e. The first kappa shape index (κ1) is 17.7. The van der Waals surface area contributed by atoms with Gasteiger partial charge in [-0.2, -0.15) is 5.10 Å². The monoisotopic (exact) mass is 343 g/mol. The van der Waals surface area contributed by atoms with Crippen LogP contribution in [0, 0.1) is 0 Å². The second-order valence-electron chi connectivity index (χ2n) is 8.25. The third-order valence-corrected chi connectivity index (χ3v) is 4.81. The van der Waals surface area contributed by atoms with Gasteiger partial charge in [-0.15, -0.1) is 0 Å². The third-order valence-electron chi connectivity index (χ3n) is 4.81. The molecule has 1 saturated heterocycles. The molecule has 0 bridgehead atoms. The van der Waals surface area contributed by atoms with Crippen molar-refractivity contribution in [1.82, 2.24) is 24.2 Å². The van der Waals surface area contributed by atoms with Crippen molar-refractivity contribution in [2.24, 2.45) is 0 Å². The predicted molar refractivity (Wildman–Crippen MR) is 97.7 cm³/mol. The van der Waals surface area contributed by atoms with Crippen LogP contribution in [0.3, 0.4) is 0 Å². The lowest BCUT2D eigenvalue weighted by molar-refractivity contribution is 0.0671. The summed E-state index contributed by atoms with van der Waals surface area (Å²) in [6, 6.07) is 2.27. The Morgan fingerprint density at radius 1 is 1.32 bits per heavy atom. The van der Waals surface area contributed by atoms with E-state index in [-0.39, 0.29) is 11.4 Å². The largest absolute Gasteiger partial charge is 0.335 e. The molecule has 1 unspecified atom stereocenters. The Morgan fingerprint density at radius 3 is 2.64 bits per heavy atom. The number of likely N-dealkylation sites (tertiary alicyclic amines) is 1. The van der Waals surface area contributed by atoms with Gasteiger partial charge in [-0.1, -0.05) is 13.8 Å². The highest BCUT2D eigenvalue weighted by atomic mass is 16.2. The van der Waals surface area contributed by atoms with Gasteiger partial charge in [0.2, 0.25) is 0 Å². The molecule has 1 atom stereocenters. The smallest absolute Gasteiger partial charge is 0.274 e. The van der Waals surface area contributed by atoms with Gasteiger partial charge in [-0.3, -0.25) is 9.48 Å². The first-order chi connectivity index (χ1) is 11.8. The van der Waals surface area contributed by atoms with Crippen molar-refractivity contribution >= 4 is 5.91 Å². The van der Waals surface area contributed by atoms with Gasteiger partial charge in [-0.05, 0) is 45.6 Å². The summed E-state index contributed by atoms with van der Waals surface area (Å²) in [6.45, 7) is 12.2. The highest BCUT2D eigenvalue weighted by Crippen LogP contribution is 2.26. The number of carbonyl (C=O) groups excluding carboxylic acids is 1. The van der Waals surface area contributed by atoms with E-state index in [2.05, 4.69) is 49.3 Å². The molecule has 25 heavy (non-hydrogen) atoms. The van der Waals surface area contributed by atoms with Gasteiger partial charge in [0.25, 0.3) is 5.91 Å². The van der Waals surface area contributed by atoms with Crippen molar-refractivity contribution in [3.63, 3.8) is 0 Å². The van der Waals surface area contributed by atoms with Crippen molar-refractivity contribution < 1.29 is 4.79 Å². The number of hydrogen-bond acceptors (Lipinski definition) is 3. The van der Waals surface area contributed by atoms with Crippen LogP contribution in [0.2, 0.25) is 0 Å². The first-order valence-corrected chi connectivity index (χ1v) is 9.14. The third kappa shape index (κ3) is 3.62. The molecule has 1 amide bonds. The number of hydrogen-bond donors (Lipinski definition) is 0. The molecule has 6 nitrogen and oxygen atoms in total. The van der Waals surface area contributed by atoms with Crippen molar-refractivity contribution in [2.75, 3.05) is 13.1 Å². The molecule has 0 saturated carbocycles. The Balaban J connectivity index is 1.83. The van der Waals surface area contributed by atoms with Crippen LogP contribution >= 0.6 is 0 Å². The molecule has 0 spiro atoms. The maximum atomic E-state index is 13.1. The Kier molecular flexibility index (Phi) is 4.71. The van der Waals surface area contributed by atoms with Crippen LogP contribution in [0.15, 0.2) is 24.8 Å². The topological polar surface area (TPSA) is 56.0 Å². The standard InChI is InChI=1S/C19H29N5O/c1-14(2)17-11-16(21-24(17)19(3,4)5)18(25)22-9-6-7-15(12-22)23-10-8-20-13-23/h8,10-11,13-15H,6-7,9,12H2,1-5H3.